The molecule has 0 saturated carbocycles. The van der Waals surface area contributed by atoms with E-state index in [2.05, 4.69) is 15.0 Å². The van der Waals surface area contributed by atoms with Crippen LogP contribution >= 0.6 is 22.7 Å². The fraction of sp³-hybridized carbons (Fsp3) is 0.417. The third kappa shape index (κ3) is 4.10. The second kappa shape index (κ2) is 6.77. The number of nitrogens with zero attached hydrogens (tertiary/aromatic N) is 1. The summed E-state index contributed by atoms with van der Waals surface area (Å²) in [5, 5.41) is 5.79. The van der Waals surface area contributed by atoms with Gasteiger partial charge in [0.1, 0.15) is 0 Å². The molecule has 20 heavy (non-hydrogen) atoms. The first kappa shape index (κ1) is 15.6. The fourth-order valence-electron chi connectivity index (χ4n) is 1.58. The highest BCUT2D eigenvalue weighted by atomic mass is 32.2. The van der Waals surface area contributed by atoms with Gasteiger partial charge in [-0.05, 0) is 19.5 Å². The lowest BCUT2D eigenvalue weighted by molar-refractivity contribution is 0.582. The smallest absolute Gasteiger partial charge is 0.241 e. The summed E-state index contributed by atoms with van der Waals surface area (Å²) < 4.78 is 26.9. The molecule has 2 rings (SSSR count). The number of thiophene rings is 1. The molecule has 0 fully saturated rings. The van der Waals surface area contributed by atoms with Gasteiger partial charge in [0.25, 0.3) is 0 Å². The quantitative estimate of drug-likeness (QED) is 0.815. The van der Waals surface area contributed by atoms with E-state index in [0.717, 1.165) is 21.3 Å². The second-order valence-electron chi connectivity index (χ2n) is 4.20. The van der Waals surface area contributed by atoms with Gasteiger partial charge in [-0.15, -0.1) is 22.7 Å². The van der Waals surface area contributed by atoms with Crippen LogP contribution in [-0.2, 0) is 23.1 Å². The predicted octanol–water partition coefficient (Wildman–Crippen LogP) is 2.10. The molecular formula is C12H17N3O2S3. The summed E-state index contributed by atoms with van der Waals surface area (Å²) in [6.07, 6.45) is 1.70. The average molecular weight is 331 g/mol. The van der Waals surface area contributed by atoms with E-state index < -0.39 is 10.0 Å². The van der Waals surface area contributed by atoms with Crippen molar-refractivity contribution < 1.29 is 8.42 Å². The molecule has 0 atom stereocenters. The van der Waals surface area contributed by atoms with Crippen molar-refractivity contribution in [3.8, 4) is 0 Å². The maximum absolute atomic E-state index is 12.2. The van der Waals surface area contributed by atoms with Crippen LogP contribution in [0.1, 0.15) is 21.7 Å². The molecule has 0 aliphatic rings. The molecule has 0 aromatic carbocycles. The van der Waals surface area contributed by atoms with Crippen LogP contribution in [0.2, 0.25) is 0 Å². The second-order valence-corrected chi connectivity index (χ2v) is 8.28. The number of rotatable bonds is 7. The highest BCUT2D eigenvalue weighted by Gasteiger charge is 2.16. The van der Waals surface area contributed by atoms with Gasteiger partial charge in [0.05, 0.1) is 9.90 Å². The molecule has 0 spiro atoms. The standard InChI is InChI=1S/C12H17N3O2S3/c1-3-13-5-10-4-12(8-18-10)20(16,17)15-7-11-6-14-9(2)19-11/h4,6,8,13,15H,3,5,7H2,1-2H3. The monoisotopic (exact) mass is 331 g/mol. The number of hydrogen-bond acceptors (Lipinski definition) is 6. The predicted molar refractivity (Wildman–Crippen MR) is 82.6 cm³/mol. The van der Waals surface area contributed by atoms with E-state index in [1.54, 1.807) is 17.6 Å². The zero-order chi connectivity index (χ0) is 14.6. The molecule has 2 aromatic rings. The Labute approximate surface area is 127 Å². The topological polar surface area (TPSA) is 71.1 Å². The van der Waals surface area contributed by atoms with Crippen LogP contribution in [0.25, 0.3) is 0 Å². The number of nitrogens with one attached hydrogen (secondary N) is 2. The molecule has 110 valence electrons. The first-order valence-electron chi connectivity index (χ1n) is 6.20. The third-order valence-corrected chi connectivity index (χ3v) is 5.97. The van der Waals surface area contributed by atoms with Gasteiger partial charge in [0, 0.05) is 34.4 Å². The number of aromatic nitrogens is 1. The Hall–Kier alpha value is -0.800. The lowest BCUT2D eigenvalue weighted by atomic mass is 10.4. The number of aryl methyl sites for hydroxylation is 1. The van der Waals surface area contributed by atoms with E-state index in [1.807, 2.05) is 13.8 Å². The van der Waals surface area contributed by atoms with Crippen LogP contribution in [0.5, 0.6) is 0 Å². The van der Waals surface area contributed by atoms with Crippen LogP contribution in [0, 0.1) is 6.92 Å². The van der Waals surface area contributed by atoms with E-state index in [1.165, 1.54) is 22.7 Å². The summed E-state index contributed by atoms with van der Waals surface area (Å²) in [6, 6.07) is 1.72. The Balaban J connectivity index is 2.00. The third-order valence-electron chi connectivity index (χ3n) is 2.59. The normalized spacial score (nSPS) is 11.9. The van der Waals surface area contributed by atoms with Crippen molar-refractivity contribution in [1.82, 2.24) is 15.0 Å². The van der Waals surface area contributed by atoms with E-state index in [-0.39, 0.29) is 6.54 Å². The fourth-order valence-corrected chi connectivity index (χ4v) is 4.66. The highest BCUT2D eigenvalue weighted by Crippen LogP contribution is 2.20. The van der Waals surface area contributed by atoms with Gasteiger partial charge in [0.15, 0.2) is 0 Å². The summed E-state index contributed by atoms with van der Waals surface area (Å²) >= 11 is 2.95. The van der Waals surface area contributed by atoms with Gasteiger partial charge >= 0.3 is 0 Å². The Morgan fingerprint density at radius 1 is 1.30 bits per heavy atom. The first-order chi connectivity index (χ1) is 9.51. The van der Waals surface area contributed by atoms with E-state index in [4.69, 9.17) is 0 Å². The van der Waals surface area contributed by atoms with Crippen molar-refractivity contribution in [3.63, 3.8) is 0 Å². The van der Waals surface area contributed by atoms with E-state index in [9.17, 15) is 8.42 Å². The Morgan fingerprint density at radius 2 is 2.10 bits per heavy atom. The first-order valence-corrected chi connectivity index (χ1v) is 9.38. The van der Waals surface area contributed by atoms with Gasteiger partial charge in [-0.3, -0.25) is 0 Å². The summed E-state index contributed by atoms with van der Waals surface area (Å²) in [5.41, 5.74) is 0. The summed E-state index contributed by atoms with van der Waals surface area (Å²) in [4.78, 5) is 6.36. The minimum atomic E-state index is -3.44. The Morgan fingerprint density at radius 3 is 2.75 bits per heavy atom. The van der Waals surface area contributed by atoms with Crippen LogP contribution < -0.4 is 10.0 Å². The van der Waals surface area contributed by atoms with Gasteiger partial charge in [-0.2, -0.15) is 0 Å². The molecular weight excluding hydrogens is 314 g/mol. The molecule has 0 aliphatic carbocycles. The molecule has 0 unspecified atom stereocenters. The molecule has 2 heterocycles. The van der Waals surface area contributed by atoms with Crippen LogP contribution in [-0.4, -0.2) is 19.9 Å². The minimum absolute atomic E-state index is 0.284. The molecule has 0 aliphatic heterocycles. The molecule has 0 amide bonds. The maximum atomic E-state index is 12.2. The summed E-state index contributed by atoms with van der Waals surface area (Å²) in [6.45, 7) is 5.76. The Kier molecular flexibility index (Phi) is 5.28. The van der Waals surface area contributed by atoms with E-state index in [0.29, 0.717) is 11.4 Å². The molecule has 0 bridgehead atoms. The summed E-state index contributed by atoms with van der Waals surface area (Å²) in [7, 11) is -3.44. The average Bonchev–Trinajstić information content (AvgIpc) is 3.03. The Bertz CT molecular complexity index is 661. The number of hydrogen-bond donors (Lipinski definition) is 2. The van der Waals surface area contributed by atoms with Crippen molar-refractivity contribution in [2.75, 3.05) is 6.54 Å². The lowest BCUT2D eigenvalue weighted by Crippen LogP contribution is -2.22. The maximum Gasteiger partial charge on any atom is 0.241 e. The molecule has 0 radical (unpaired) electrons. The van der Waals surface area contributed by atoms with Crippen molar-refractivity contribution in [2.45, 2.75) is 31.8 Å². The van der Waals surface area contributed by atoms with E-state index >= 15 is 0 Å². The van der Waals surface area contributed by atoms with Crippen molar-refractivity contribution >= 4 is 32.7 Å². The van der Waals surface area contributed by atoms with Crippen LogP contribution in [0.3, 0.4) is 0 Å². The van der Waals surface area contributed by atoms with Crippen LogP contribution in [0.4, 0.5) is 0 Å². The van der Waals surface area contributed by atoms with Gasteiger partial charge in [0.2, 0.25) is 10.0 Å². The number of sulfonamides is 1. The number of thiazole rings is 1. The van der Waals surface area contributed by atoms with Crippen molar-refractivity contribution in [2.24, 2.45) is 0 Å². The van der Waals surface area contributed by atoms with Crippen molar-refractivity contribution in [3.05, 3.63) is 32.4 Å². The van der Waals surface area contributed by atoms with Gasteiger partial charge in [-0.25, -0.2) is 18.1 Å². The molecule has 2 aromatic heterocycles. The minimum Gasteiger partial charge on any atom is -0.312 e. The van der Waals surface area contributed by atoms with Gasteiger partial charge in [-0.1, -0.05) is 6.92 Å². The van der Waals surface area contributed by atoms with Crippen LogP contribution in [0.15, 0.2) is 22.5 Å². The van der Waals surface area contributed by atoms with Gasteiger partial charge < -0.3 is 5.32 Å². The van der Waals surface area contributed by atoms with Crippen molar-refractivity contribution in [1.29, 1.82) is 0 Å². The SMILES string of the molecule is CCNCc1cc(S(=O)(=O)NCc2cnc(C)s2)cs1. The largest absolute Gasteiger partial charge is 0.312 e. The highest BCUT2D eigenvalue weighted by molar-refractivity contribution is 7.89. The summed E-state index contributed by atoms with van der Waals surface area (Å²) in [5.74, 6) is 0. The molecule has 0 saturated heterocycles. The molecule has 8 heteroatoms. The zero-order valence-electron chi connectivity index (χ0n) is 11.3. The molecule has 2 N–H and O–H groups in total. The lowest BCUT2D eigenvalue weighted by Gasteiger charge is -2.02. The molecule has 5 nitrogen and oxygen atoms in total. The zero-order valence-corrected chi connectivity index (χ0v) is 13.8.